The van der Waals surface area contributed by atoms with Gasteiger partial charge in [-0.2, -0.15) is 4.98 Å². The Kier molecular flexibility index (Phi) is 3.67. The van der Waals surface area contributed by atoms with Crippen molar-refractivity contribution in [3.05, 3.63) is 11.7 Å². The standard InChI is InChI=1S/C14H18N4O4/c1-15-12(21)13-16-9(17-22-13)8-18-10(19)6-14(7-11(18)20)4-2-3-5-14/h2-8H2,1H3,(H,15,21). The zero-order valence-electron chi connectivity index (χ0n) is 12.4. The Hall–Kier alpha value is -2.25. The van der Waals surface area contributed by atoms with E-state index in [1.807, 2.05) is 0 Å². The predicted octanol–water partition coefficient (Wildman–Crippen LogP) is 0.639. The summed E-state index contributed by atoms with van der Waals surface area (Å²) in [5, 5.41) is 6.01. The number of hydrogen-bond donors (Lipinski definition) is 1. The van der Waals surface area contributed by atoms with Gasteiger partial charge in [0.15, 0.2) is 5.82 Å². The van der Waals surface area contributed by atoms with Crippen LogP contribution in [0.1, 0.15) is 55.0 Å². The largest absolute Gasteiger partial charge is 0.351 e. The first kappa shape index (κ1) is 14.7. The minimum absolute atomic E-state index is 0.0474. The molecule has 0 atom stereocenters. The Morgan fingerprint density at radius 1 is 1.27 bits per heavy atom. The van der Waals surface area contributed by atoms with Gasteiger partial charge in [0.05, 0.1) is 6.54 Å². The van der Waals surface area contributed by atoms with Crippen LogP contribution in [-0.4, -0.2) is 39.8 Å². The second kappa shape index (κ2) is 5.51. The van der Waals surface area contributed by atoms with E-state index in [0.29, 0.717) is 12.8 Å². The van der Waals surface area contributed by atoms with E-state index < -0.39 is 5.91 Å². The van der Waals surface area contributed by atoms with Crippen LogP contribution in [0.15, 0.2) is 4.52 Å². The van der Waals surface area contributed by atoms with Crippen LogP contribution < -0.4 is 5.32 Å². The first-order valence-corrected chi connectivity index (χ1v) is 7.41. The van der Waals surface area contributed by atoms with Crippen molar-refractivity contribution >= 4 is 17.7 Å². The Labute approximate surface area is 127 Å². The molecule has 8 nitrogen and oxygen atoms in total. The van der Waals surface area contributed by atoms with Crippen molar-refractivity contribution in [1.82, 2.24) is 20.4 Å². The van der Waals surface area contributed by atoms with Gasteiger partial charge in [0, 0.05) is 19.9 Å². The highest BCUT2D eigenvalue weighted by atomic mass is 16.5. The van der Waals surface area contributed by atoms with Gasteiger partial charge in [-0.3, -0.25) is 19.3 Å². The van der Waals surface area contributed by atoms with Crippen molar-refractivity contribution in [2.24, 2.45) is 5.41 Å². The van der Waals surface area contributed by atoms with Crippen LogP contribution in [0.3, 0.4) is 0 Å². The lowest BCUT2D eigenvalue weighted by Crippen LogP contribution is -2.46. The normalized spacial score (nSPS) is 20.7. The van der Waals surface area contributed by atoms with E-state index in [4.69, 9.17) is 4.52 Å². The van der Waals surface area contributed by atoms with Crippen LogP contribution in [0.2, 0.25) is 0 Å². The minimum Gasteiger partial charge on any atom is -0.351 e. The lowest BCUT2D eigenvalue weighted by Gasteiger charge is -2.36. The maximum atomic E-state index is 12.3. The summed E-state index contributed by atoms with van der Waals surface area (Å²) in [5.41, 5.74) is -0.130. The maximum Gasteiger partial charge on any atom is 0.315 e. The molecule has 1 spiro atoms. The highest BCUT2D eigenvalue weighted by Crippen LogP contribution is 2.47. The minimum atomic E-state index is -0.500. The van der Waals surface area contributed by atoms with E-state index in [1.54, 1.807) is 0 Å². The lowest BCUT2D eigenvalue weighted by molar-refractivity contribution is -0.154. The van der Waals surface area contributed by atoms with E-state index in [1.165, 1.54) is 11.9 Å². The average molecular weight is 306 g/mol. The summed E-state index contributed by atoms with van der Waals surface area (Å²) < 4.78 is 4.80. The van der Waals surface area contributed by atoms with Gasteiger partial charge in [0.25, 0.3) is 0 Å². The van der Waals surface area contributed by atoms with Crippen LogP contribution in [-0.2, 0) is 16.1 Å². The third-order valence-corrected chi connectivity index (χ3v) is 4.51. The number of imide groups is 1. The van der Waals surface area contributed by atoms with Crippen molar-refractivity contribution in [3.63, 3.8) is 0 Å². The third-order valence-electron chi connectivity index (χ3n) is 4.51. The van der Waals surface area contributed by atoms with Crippen LogP contribution in [0.4, 0.5) is 0 Å². The number of rotatable bonds is 3. The van der Waals surface area contributed by atoms with Crippen LogP contribution in [0.5, 0.6) is 0 Å². The lowest BCUT2D eigenvalue weighted by atomic mass is 9.76. The average Bonchev–Trinajstić information content (AvgIpc) is 3.12. The molecule has 2 aliphatic rings. The Bertz CT molecular complexity index is 598. The topological polar surface area (TPSA) is 105 Å². The number of hydrogen-bond acceptors (Lipinski definition) is 6. The molecule has 1 aromatic heterocycles. The van der Waals surface area contributed by atoms with Gasteiger partial charge in [-0.25, -0.2) is 0 Å². The molecule has 1 aliphatic carbocycles. The molecule has 2 heterocycles. The van der Waals surface area contributed by atoms with Gasteiger partial charge in [-0.15, -0.1) is 0 Å². The number of likely N-dealkylation sites (tertiary alicyclic amines) is 1. The molecule has 1 aromatic rings. The first-order chi connectivity index (χ1) is 10.5. The molecule has 0 aromatic carbocycles. The highest BCUT2D eigenvalue weighted by molar-refractivity contribution is 5.98. The molecule has 1 aliphatic heterocycles. The molecular weight excluding hydrogens is 288 g/mol. The second-order valence-electron chi connectivity index (χ2n) is 6.03. The summed E-state index contributed by atoms with van der Waals surface area (Å²) in [6.07, 6.45) is 4.86. The van der Waals surface area contributed by atoms with Gasteiger partial charge < -0.3 is 9.84 Å². The smallest absolute Gasteiger partial charge is 0.315 e. The number of carbonyl (C=O) groups excluding carboxylic acids is 3. The fraction of sp³-hybridized carbons (Fsp3) is 0.643. The molecule has 1 saturated carbocycles. The van der Waals surface area contributed by atoms with E-state index in [9.17, 15) is 14.4 Å². The molecular formula is C14H18N4O4. The zero-order valence-corrected chi connectivity index (χ0v) is 12.4. The summed E-state index contributed by atoms with van der Waals surface area (Å²) >= 11 is 0. The molecule has 0 unspecified atom stereocenters. The molecule has 1 N–H and O–H groups in total. The number of nitrogens with one attached hydrogen (secondary N) is 1. The summed E-state index contributed by atoms with van der Waals surface area (Å²) in [6, 6.07) is 0. The van der Waals surface area contributed by atoms with Gasteiger partial charge in [-0.1, -0.05) is 18.0 Å². The van der Waals surface area contributed by atoms with E-state index in [-0.39, 0.29) is 35.5 Å². The second-order valence-corrected chi connectivity index (χ2v) is 6.03. The van der Waals surface area contributed by atoms with Crippen molar-refractivity contribution in [1.29, 1.82) is 0 Å². The summed E-state index contributed by atoms with van der Waals surface area (Å²) in [6.45, 7) is -0.0474. The molecule has 8 heteroatoms. The number of piperidine rings is 1. The van der Waals surface area contributed by atoms with Crippen LogP contribution >= 0.6 is 0 Å². The number of amides is 3. The monoisotopic (exact) mass is 306 g/mol. The fourth-order valence-corrected chi connectivity index (χ4v) is 3.35. The zero-order chi connectivity index (χ0) is 15.7. The Morgan fingerprint density at radius 2 is 1.91 bits per heavy atom. The van der Waals surface area contributed by atoms with E-state index >= 15 is 0 Å². The SMILES string of the molecule is CNC(=O)c1nc(CN2C(=O)CC3(CCCC3)CC2=O)no1. The van der Waals surface area contributed by atoms with Crippen molar-refractivity contribution in [3.8, 4) is 0 Å². The molecule has 2 fully saturated rings. The van der Waals surface area contributed by atoms with Gasteiger partial charge >= 0.3 is 11.8 Å². The number of carbonyl (C=O) groups is 3. The van der Waals surface area contributed by atoms with Crippen LogP contribution in [0.25, 0.3) is 0 Å². The van der Waals surface area contributed by atoms with Crippen molar-refractivity contribution < 1.29 is 18.9 Å². The Balaban J connectivity index is 1.70. The summed E-state index contributed by atoms with van der Waals surface area (Å²) in [4.78, 5) is 41.0. The van der Waals surface area contributed by atoms with Gasteiger partial charge in [0.1, 0.15) is 0 Å². The van der Waals surface area contributed by atoms with Gasteiger partial charge in [-0.05, 0) is 18.3 Å². The van der Waals surface area contributed by atoms with Crippen LogP contribution in [0, 0.1) is 5.41 Å². The highest BCUT2D eigenvalue weighted by Gasteiger charge is 2.45. The third kappa shape index (κ3) is 2.60. The van der Waals surface area contributed by atoms with Gasteiger partial charge in [0.2, 0.25) is 11.8 Å². The van der Waals surface area contributed by atoms with E-state index in [2.05, 4.69) is 15.5 Å². The molecule has 3 rings (SSSR count). The predicted molar refractivity (Wildman–Crippen MR) is 73.4 cm³/mol. The molecule has 1 saturated heterocycles. The number of nitrogens with zero attached hydrogens (tertiary/aromatic N) is 3. The first-order valence-electron chi connectivity index (χ1n) is 7.41. The maximum absolute atomic E-state index is 12.3. The van der Waals surface area contributed by atoms with Crippen molar-refractivity contribution in [2.45, 2.75) is 45.1 Å². The van der Waals surface area contributed by atoms with Crippen molar-refractivity contribution in [2.75, 3.05) is 7.05 Å². The fourth-order valence-electron chi connectivity index (χ4n) is 3.35. The summed E-state index contributed by atoms with van der Waals surface area (Å²) in [7, 11) is 1.45. The Morgan fingerprint density at radius 3 is 2.50 bits per heavy atom. The molecule has 118 valence electrons. The molecule has 22 heavy (non-hydrogen) atoms. The number of aromatic nitrogens is 2. The molecule has 0 bridgehead atoms. The quantitative estimate of drug-likeness (QED) is 0.821. The van der Waals surface area contributed by atoms with E-state index in [0.717, 1.165) is 25.7 Å². The molecule has 0 radical (unpaired) electrons. The molecule has 3 amide bonds. The summed E-state index contributed by atoms with van der Waals surface area (Å²) in [5.74, 6) is -0.904.